The largest absolute Gasteiger partial charge is 0.456 e. The van der Waals surface area contributed by atoms with Gasteiger partial charge in [-0.2, -0.15) is 4.98 Å². The number of halogens is 2. The Bertz CT molecular complexity index is 1400. The number of aromatic amines is 1. The van der Waals surface area contributed by atoms with Gasteiger partial charge in [0.05, 0.1) is 29.8 Å². The summed E-state index contributed by atoms with van der Waals surface area (Å²) in [5.41, 5.74) is 2.73. The number of nitrogens with one attached hydrogen (secondary N) is 2. The molecule has 3 saturated heterocycles. The summed E-state index contributed by atoms with van der Waals surface area (Å²) in [6, 6.07) is 4.74. The normalized spacial score (nSPS) is 28.3. The molecule has 7 rings (SSSR count). The minimum Gasteiger partial charge on any atom is -0.456 e. The van der Waals surface area contributed by atoms with E-state index in [9.17, 15) is 9.90 Å². The Morgan fingerprint density at radius 1 is 1.22 bits per heavy atom. The zero-order valence-corrected chi connectivity index (χ0v) is 20.5. The van der Waals surface area contributed by atoms with Crippen LogP contribution in [0.1, 0.15) is 40.4 Å². The minimum absolute atomic E-state index is 0.119. The lowest BCUT2D eigenvalue weighted by molar-refractivity contribution is 0.00706. The molecule has 0 saturated carbocycles. The van der Waals surface area contributed by atoms with Crippen molar-refractivity contribution in [1.82, 2.24) is 19.9 Å². The molecule has 3 N–H and O–H groups in total. The van der Waals surface area contributed by atoms with E-state index in [4.69, 9.17) is 25.8 Å². The summed E-state index contributed by atoms with van der Waals surface area (Å²) in [6.07, 6.45) is 0.436. The third-order valence-corrected chi connectivity index (χ3v) is 7.91. The summed E-state index contributed by atoms with van der Waals surface area (Å²) in [6.45, 7) is 1.94. The molecule has 12 heteroatoms. The molecule has 1 amide bonds. The highest BCUT2D eigenvalue weighted by Gasteiger charge is 2.48. The maximum absolute atomic E-state index is 15.2. The zero-order valence-electron chi connectivity index (χ0n) is 19.7. The van der Waals surface area contributed by atoms with E-state index < -0.39 is 24.1 Å². The Balaban J connectivity index is 1.10. The first-order chi connectivity index (χ1) is 17.9. The number of amides is 1. The molecule has 5 atom stereocenters. The van der Waals surface area contributed by atoms with E-state index in [0.29, 0.717) is 46.0 Å². The van der Waals surface area contributed by atoms with Crippen LogP contribution < -0.4 is 10.1 Å². The number of carbonyl (C=O) groups is 1. The standard InChI is InChI=1S/C25H25ClFN5O5/c26-13-8-16-23(31-25(29-16)37-18-10-36-20-17(33)9-35-21(18)20)30-22(13)28-15-3-2-11-6-12(7-14(27)19(11)15)24(34)32-4-1-5-32/h6-8,15,17-18,20-21,33H,1-5,9-10H2,(H2,28,29,30,31)/t15?,17-,18-,20-,21-/m1/s1. The van der Waals surface area contributed by atoms with E-state index in [2.05, 4.69) is 20.3 Å². The number of imidazole rings is 1. The molecule has 194 valence electrons. The van der Waals surface area contributed by atoms with E-state index in [0.717, 1.165) is 25.1 Å². The van der Waals surface area contributed by atoms with Crippen LogP contribution in [0.5, 0.6) is 6.01 Å². The third-order valence-electron chi connectivity index (χ3n) is 7.62. The minimum atomic E-state index is -0.665. The molecule has 0 radical (unpaired) electrons. The van der Waals surface area contributed by atoms with E-state index in [1.165, 1.54) is 6.07 Å². The van der Waals surface area contributed by atoms with Crippen molar-refractivity contribution in [3.05, 3.63) is 45.7 Å². The first-order valence-electron chi connectivity index (χ1n) is 12.5. The lowest BCUT2D eigenvalue weighted by Crippen LogP contribution is -2.42. The first kappa shape index (κ1) is 23.2. The topological polar surface area (TPSA) is 122 Å². The second kappa shape index (κ2) is 8.80. The number of nitrogens with zero attached hydrogens (tertiary/aromatic N) is 3. The summed E-state index contributed by atoms with van der Waals surface area (Å²) in [7, 11) is 0. The van der Waals surface area contributed by atoms with Crippen LogP contribution in [0.15, 0.2) is 18.2 Å². The van der Waals surface area contributed by atoms with E-state index in [1.807, 2.05) is 0 Å². The number of carbonyl (C=O) groups excluding carboxylic acids is 1. The van der Waals surface area contributed by atoms with Crippen LogP contribution in [-0.4, -0.2) is 81.6 Å². The molecule has 0 spiro atoms. The quantitative estimate of drug-likeness (QED) is 0.461. The van der Waals surface area contributed by atoms with Gasteiger partial charge in [-0.1, -0.05) is 11.6 Å². The van der Waals surface area contributed by atoms with Gasteiger partial charge < -0.3 is 34.5 Å². The molecule has 37 heavy (non-hydrogen) atoms. The van der Waals surface area contributed by atoms with Gasteiger partial charge in [0.2, 0.25) is 0 Å². The highest BCUT2D eigenvalue weighted by atomic mass is 35.5. The molecule has 10 nitrogen and oxygen atoms in total. The predicted molar refractivity (Wildman–Crippen MR) is 130 cm³/mol. The van der Waals surface area contributed by atoms with Crippen LogP contribution in [0, 0.1) is 5.82 Å². The second-order valence-electron chi connectivity index (χ2n) is 9.96. The monoisotopic (exact) mass is 529 g/mol. The number of H-pyrrole nitrogens is 1. The van der Waals surface area contributed by atoms with Crippen molar-refractivity contribution in [3.63, 3.8) is 0 Å². The number of fused-ring (bicyclic) bond motifs is 3. The molecule has 5 heterocycles. The van der Waals surface area contributed by atoms with E-state index in [1.54, 1.807) is 17.0 Å². The number of likely N-dealkylation sites (tertiary alicyclic amines) is 1. The van der Waals surface area contributed by atoms with Gasteiger partial charge in [0.1, 0.15) is 29.9 Å². The number of ether oxygens (including phenoxy) is 3. The van der Waals surface area contributed by atoms with Crippen LogP contribution in [0.4, 0.5) is 10.2 Å². The van der Waals surface area contributed by atoms with Gasteiger partial charge in [0.15, 0.2) is 11.8 Å². The predicted octanol–water partition coefficient (Wildman–Crippen LogP) is 2.60. The number of hydrogen-bond acceptors (Lipinski definition) is 8. The number of aryl methyl sites for hydroxylation is 1. The van der Waals surface area contributed by atoms with Crippen LogP contribution >= 0.6 is 11.6 Å². The summed E-state index contributed by atoms with van der Waals surface area (Å²) < 4.78 is 32.3. The summed E-state index contributed by atoms with van der Waals surface area (Å²) in [5.74, 6) is -0.136. The van der Waals surface area contributed by atoms with Crippen LogP contribution in [-0.2, 0) is 15.9 Å². The number of rotatable bonds is 5. The highest BCUT2D eigenvalue weighted by molar-refractivity contribution is 6.33. The molecule has 2 aromatic heterocycles. The molecule has 1 aromatic carbocycles. The number of aromatic nitrogens is 3. The fraction of sp³-hybridized carbons (Fsp3) is 0.480. The smallest absolute Gasteiger partial charge is 0.296 e. The molecule has 4 aliphatic rings. The van der Waals surface area contributed by atoms with Crippen molar-refractivity contribution in [1.29, 1.82) is 0 Å². The Morgan fingerprint density at radius 3 is 2.86 bits per heavy atom. The van der Waals surface area contributed by atoms with Crippen LogP contribution in [0.3, 0.4) is 0 Å². The number of aliphatic hydroxyl groups is 1. The SMILES string of the molecule is O=C(c1cc(F)c2c(c1)CCC2Nc1nc2nc(O[C@@H]3CO[C@H]4[C@@H]3OC[C@H]4O)[nH]c2cc1Cl)N1CCC1. The van der Waals surface area contributed by atoms with Crippen molar-refractivity contribution >= 4 is 34.5 Å². The van der Waals surface area contributed by atoms with Gasteiger partial charge >= 0.3 is 0 Å². The van der Waals surface area contributed by atoms with Crippen molar-refractivity contribution in [3.8, 4) is 6.01 Å². The Hall–Kier alpha value is -2.99. The van der Waals surface area contributed by atoms with Crippen molar-refractivity contribution in [2.45, 2.75) is 49.7 Å². The number of aliphatic hydroxyl groups excluding tert-OH is 1. The van der Waals surface area contributed by atoms with Crippen LogP contribution in [0.2, 0.25) is 5.02 Å². The lowest BCUT2D eigenvalue weighted by Gasteiger charge is -2.31. The van der Waals surface area contributed by atoms with E-state index in [-0.39, 0.29) is 37.3 Å². The third kappa shape index (κ3) is 3.92. The summed E-state index contributed by atoms with van der Waals surface area (Å²) >= 11 is 6.52. The lowest BCUT2D eigenvalue weighted by atomic mass is 10.0. The molecular formula is C25H25ClFN5O5. The van der Waals surface area contributed by atoms with Gasteiger partial charge in [0.25, 0.3) is 11.9 Å². The van der Waals surface area contributed by atoms with Gasteiger partial charge in [0, 0.05) is 24.2 Å². The first-order valence-corrected chi connectivity index (χ1v) is 12.8. The number of benzene rings is 1. The number of hydrogen-bond donors (Lipinski definition) is 3. The molecule has 3 aliphatic heterocycles. The molecule has 3 fully saturated rings. The van der Waals surface area contributed by atoms with Crippen molar-refractivity contribution in [2.75, 3.05) is 31.6 Å². The maximum Gasteiger partial charge on any atom is 0.296 e. The van der Waals surface area contributed by atoms with E-state index >= 15 is 4.39 Å². The Kier molecular flexibility index (Phi) is 5.50. The summed E-state index contributed by atoms with van der Waals surface area (Å²) in [5, 5.41) is 13.5. The molecule has 0 bridgehead atoms. The molecule has 1 unspecified atom stereocenters. The second-order valence-corrected chi connectivity index (χ2v) is 10.4. The average Bonchev–Trinajstić information content (AvgIpc) is 3.59. The number of pyridine rings is 1. The Labute approximate surface area is 216 Å². The fourth-order valence-electron chi connectivity index (χ4n) is 5.59. The zero-order chi connectivity index (χ0) is 25.3. The Morgan fingerprint density at radius 2 is 2.05 bits per heavy atom. The van der Waals surface area contributed by atoms with Gasteiger partial charge in [-0.05, 0) is 43.0 Å². The average molecular weight is 530 g/mol. The highest BCUT2D eigenvalue weighted by Crippen LogP contribution is 2.38. The van der Waals surface area contributed by atoms with Gasteiger partial charge in [-0.3, -0.25) is 4.79 Å². The van der Waals surface area contributed by atoms with Gasteiger partial charge in [-0.15, -0.1) is 0 Å². The fourth-order valence-corrected chi connectivity index (χ4v) is 5.80. The summed E-state index contributed by atoms with van der Waals surface area (Å²) in [4.78, 5) is 26.3. The molecule has 1 aliphatic carbocycles. The number of anilines is 1. The molecular weight excluding hydrogens is 505 g/mol. The van der Waals surface area contributed by atoms with Crippen molar-refractivity contribution in [2.24, 2.45) is 0 Å². The van der Waals surface area contributed by atoms with Gasteiger partial charge in [-0.25, -0.2) is 9.37 Å². The van der Waals surface area contributed by atoms with Crippen molar-refractivity contribution < 1.29 is 28.5 Å². The van der Waals surface area contributed by atoms with Crippen LogP contribution in [0.25, 0.3) is 11.2 Å². The molecule has 3 aromatic rings. The maximum atomic E-state index is 15.2.